The molecule has 2 rings (SSSR count). The van der Waals surface area contributed by atoms with Crippen LogP contribution < -0.4 is 0 Å². The first kappa shape index (κ1) is 18.6. The van der Waals surface area contributed by atoms with Crippen LogP contribution in [0.3, 0.4) is 0 Å². The normalized spacial score (nSPS) is 15.8. The molecule has 5 heteroatoms. The maximum Gasteiger partial charge on any atom is 0.255 e. The molecule has 0 atom stereocenters. The van der Waals surface area contributed by atoms with Crippen LogP contribution in [0.1, 0.15) is 54.9 Å². The van der Waals surface area contributed by atoms with Gasteiger partial charge < -0.3 is 14.4 Å². The number of carbonyl (C=O) groups excluding carboxylic acids is 2. The van der Waals surface area contributed by atoms with E-state index in [1.54, 1.807) is 0 Å². The van der Waals surface area contributed by atoms with Gasteiger partial charge in [-0.05, 0) is 39.2 Å². The highest BCUT2D eigenvalue weighted by atomic mass is 16.2. The summed E-state index contributed by atoms with van der Waals surface area (Å²) in [6.45, 7) is 10.9. The fraction of sp³-hybridized carbons (Fsp3) is 0.684. The quantitative estimate of drug-likeness (QED) is 0.850. The Morgan fingerprint density at radius 2 is 1.62 bits per heavy atom. The third-order valence-corrected chi connectivity index (χ3v) is 5.44. The number of hydrogen-bond acceptors (Lipinski definition) is 2. The van der Waals surface area contributed by atoms with Crippen LogP contribution in [-0.2, 0) is 11.8 Å². The highest BCUT2D eigenvalue weighted by Gasteiger charge is 2.27. The summed E-state index contributed by atoms with van der Waals surface area (Å²) in [5.41, 5.74) is 2.89. The van der Waals surface area contributed by atoms with Gasteiger partial charge in [-0.15, -0.1) is 0 Å². The largest absolute Gasteiger partial charge is 0.351 e. The van der Waals surface area contributed by atoms with Gasteiger partial charge in [-0.3, -0.25) is 9.59 Å². The van der Waals surface area contributed by atoms with Crippen molar-refractivity contribution in [3.63, 3.8) is 0 Å². The topological polar surface area (TPSA) is 45.6 Å². The molecule has 1 aliphatic heterocycles. The maximum absolute atomic E-state index is 12.9. The molecular formula is C19H31N3O2. The number of aryl methyl sites for hydroxylation is 1. The summed E-state index contributed by atoms with van der Waals surface area (Å²) in [7, 11) is 1.99. The SMILES string of the molecule is CCC(CC)C(=O)N1CCCN(C(=O)c2cc(C)n(C)c2C)CC1. The maximum atomic E-state index is 12.9. The minimum Gasteiger partial charge on any atom is -0.351 e. The van der Waals surface area contributed by atoms with Crippen molar-refractivity contribution in [1.82, 2.24) is 14.4 Å². The van der Waals surface area contributed by atoms with Gasteiger partial charge in [-0.25, -0.2) is 0 Å². The van der Waals surface area contributed by atoms with Crippen molar-refractivity contribution in [2.24, 2.45) is 13.0 Å². The molecular weight excluding hydrogens is 302 g/mol. The summed E-state index contributed by atoms with van der Waals surface area (Å²) >= 11 is 0. The van der Waals surface area contributed by atoms with Gasteiger partial charge in [-0.1, -0.05) is 13.8 Å². The Bertz CT molecular complexity index is 602. The lowest BCUT2D eigenvalue weighted by Gasteiger charge is -2.25. The van der Waals surface area contributed by atoms with Crippen molar-refractivity contribution >= 4 is 11.8 Å². The van der Waals surface area contributed by atoms with Crippen molar-refractivity contribution in [2.75, 3.05) is 26.2 Å². The first-order valence-electron chi connectivity index (χ1n) is 9.11. The van der Waals surface area contributed by atoms with Gasteiger partial charge in [0.05, 0.1) is 5.56 Å². The van der Waals surface area contributed by atoms with E-state index in [1.165, 1.54) is 0 Å². The number of carbonyl (C=O) groups is 2. The molecule has 0 spiro atoms. The van der Waals surface area contributed by atoms with Gasteiger partial charge in [0.25, 0.3) is 5.91 Å². The highest BCUT2D eigenvalue weighted by Crippen LogP contribution is 2.18. The van der Waals surface area contributed by atoms with E-state index in [-0.39, 0.29) is 17.7 Å². The number of aromatic nitrogens is 1. The molecule has 1 fully saturated rings. The van der Waals surface area contributed by atoms with E-state index < -0.39 is 0 Å². The molecule has 5 nitrogen and oxygen atoms in total. The second kappa shape index (κ2) is 7.86. The van der Waals surface area contributed by atoms with Gasteiger partial charge in [-0.2, -0.15) is 0 Å². The standard InChI is InChI=1S/C19H31N3O2/c1-6-16(7-2)18(23)21-9-8-10-22(12-11-21)19(24)17-13-14(3)20(5)15(17)4/h13,16H,6-12H2,1-5H3. The van der Waals surface area contributed by atoms with Crippen LogP contribution in [0.4, 0.5) is 0 Å². The monoisotopic (exact) mass is 333 g/mol. The summed E-state index contributed by atoms with van der Waals surface area (Å²) in [6, 6.07) is 1.97. The molecule has 2 amide bonds. The molecule has 0 aromatic carbocycles. The molecule has 0 aliphatic carbocycles. The van der Waals surface area contributed by atoms with Crippen molar-refractivity contribution in [3.8, 4) is 0 Å². The van der Waals surface area contributed by atoms with Crippen molar-refractivity contribution in [2.45, 2.75) is 47.0 Å². The molecule has 24 heavy (non-hydrogen) atoms. The van der Waals surface area contributed by atoms with Gasteiger partial charge >= 0.3 is 0 Å². The lowest BCUT2D eigenvalue weighted by atomic mass is 10.0. The Balaban J connectivity index is 2.06. The minimum absolute atomic E-state index is 0.0908. The van der Waals surface area contributed by atoms with Crippen molar-refractivity contribution < 1.29 is 9.59 Å². The molecule has 1 aliphatic rings. The third kappa shape index (κ3) is 3.65. The molecule has 1 saturated heterocycles. The molecule has 2 heterocycles. The number of nitrogens with zero attached hydrogens (tertiary/aromatic N) is 3. The smallest absolute Gasteiger partial charge is 0.255 e. The fourth-order valence-electron chi connectivity index (χ4n) is 3.48. The van der Waals surface area contributed by atoms with E-state index in [0.29, 0.717) is 13.1 Å². The van der Waals surface area contributed by atoms with Crippen molar-refractivity contribution in [3.05, 3.63) is 23.0 Å². The van der Waals surface area contributed by atoms with Crippen molar-refractivity contribution in [1.29, 1.82) is 0 Å². The van der Waals surface area contributed by atoms with Crippen LogP contribution in [0.2, 0.25) is 0 Å². The second-order valence-electron chi connectivity index (χ2n) is 6.83. The Labute approximate surface area is 145 Å². The first-order valence-corrected chi connectivity index (χ1v) is 9.11. The van der Waals surface area contributed by atoms with E-state index in [1.807, 2.05) is 41.3 Å². The zero-order chi connectivity index (χ0) is 17.9. The van der Waals surface area contributed by atoms with Crippen LogP contribution in [0.25, 0.3) is 0 Å². The lowest BCUT2D eigenvalue weighted by Crippen LogP contribution is -2.39. The molecule has 1 aromatic heterocycles. The molecule has 0 bridgehead atoms. The summed E-state index contributed by atoms with van der Waals surface area (Å²) in [4.78, 5) is 29.3. The summed E-state index contributed by atoms with van der Waals surface area (Å²) in [5, 5.41) is 0. The summed E-state index contributed by atoms with van der Waals surface area (Å²) < 4.78 is 2.05. The van der Waals surface area contributed by atoms with Crippen LogP contribution in [0.15, 0.2) is 6.07 Å². The Hall–Kier alpha value is -1.78. The second-order valence-corrected chi connectivity index (χ2v) is 6.83. The Kier molecular flexibility index (Phi) is 6.08. The fourth-order valence-corrected chi connectivity index (χ4v) is 3.48. The van der Waals surface area contributed by atoms with Crippen LogP contribution in [-0.4, -0.2) is 52.4 Å². The Morgan fingerprint density at radius 3 is 2.17 bits per heavy atom. The third-order valence-electron chi connectivity index (χ3n) is 5.44. The average Bonchev–Trinajstić information content (AvgIpc) is 2.78. The zero-order valence-corrected chi connectivity index (χ0v) is 15.8. The van der Waals surface area contributed by atoms with E-state index in [4.69, 9.17) is 0 Å². The highest BCUT2D eigenvalue weighted by molar-refractivity contribution is 5.95. The van der Waals surface area contributed by atoms with Gasteiger partial charge in [0.2, 0.25) is 5.91 Å². The number of amides is 2. The average molecular weight is 333 g/mol. The van der Waals surface area contributed by atoms with Gasteiger partial charge in [0, 0.05) is 50.5 Å². The summed E-state index contributed by atoms with van der Waals surface area (Å²) in [5.74, 6) is 0.459. The van der Waals surface area contributed by atoms with E-state index in [2.05, 4.69) is 13.8 Å². The van der Waals surface area contributed by atoms with Gasteiger partial charge in [0.15, 0.2) is 0 Å². The van der Waals surface area contributed by atoms with E-state index in [9.17, 15) is 9.59 Å². The molecule has 1 aromatic rings. The first-order chi connectivity index (χ1) is 11.4. The molecule has 0 radical (unpaired) electrons. The predicted octanol–water partition coefficient (Wildman–Crippen LogP) is 2.75. The minimum atomic E-state index is 0.0908. The molecule has 0 N–H and O–H groups in total. The van der Waals surface area contributed by atoms with Gasteiger partial charge in [0.1, 0.15) is 0 Å². The van der Waals surface area contributed by atoms with Crippen LogP contribution in [0.5, 0.6) is 0 Å². The zero-order valence-electron chi connectivity index (χ0n) is 15.8. The molecule has 0 saturated carbocycles. The molecule has 0 unspecified atom stereocenters. The van der Waals surface area contributed by atoms with Crippen LogP contribution in [0, 0.1) is 19.8 Å². The Morgan fingerprint density at radius 1 is 1.04 bits per heavy atom. The summed E-state index contributed by atoms with van der Waals surface area (Å²) in [6.07, 6.45) is 2.62. The lowest BCUT2D eigenvalue weighted by molar-refractivity contribution is -0.135. The van der Waals surface area contributed by atoms with E-state index in [0.717, 1.165) is 49.3 Å². The predicted molar refractivity (Wildman–Crippen MR) is 96.1 cm³/mol. The van der Waals surface area contributed by atoms with E-state index >= 15 is 0 Å². The van der Waals surface area contributed by atoms with Crippen LogP contribution >= 0.6 is 0 Å². The molecule has 134 valence electrons. The number of hydrogen-bond donors (Lipinski definition) is 0. The number of rotatable bonds is 4.